The summed E-state index contributed by atoms with van der Waals surface area (Å²) in [6.07, 6.45) is 1.30. The molecule has 1 aliphatic heterocycles. The van der Waals surface area contributed by atoms with Crippen LogP contribution in [0, 0.1) is 6.92 Å². The van der Waals surface area contributed by atoms with Gasteiger partial charge in [0.15, 0.2) is 5.78 Å². The summed E-state index contributed by atoms with van der Waals surface area (Å²) < 4.78 is 7.54. The Morgan fingerprint density at radius 2 is 1.67 bits per heavy atom. The summed E-state index contributed by atoms with van der Waals surface area (Å²) in [5.74, 6) is 1.94. The number of nitrogens with one attached hydrogen (secondary N) is 1. The minimum absolute atomic E-state index is 0.164. The number of aryl methyl sites for hydroxylation is 1. The lowest BCUT2D eigenvalue weighted by atomic mass is 9.77. The third-order valence-electron chi connectivity index (χ3n) is 6.88. The fraction of sp³-hybridized carbons (Fsp3) is 0.214. The molecule has 6 rings (SSSR count). The summed E-state index contributed by atoms with van der Waals surface area (Å²) >= 11 is 0. The van der Waals surface area contributed by atoms with Crippen LogP contribution in [0.15, 0.2) is 84.1 Å². The van der Waals surface area contributed by atoms with E-state index in [2.05, 4.69) is 59.3 Å². The minimum Gasteiger partial charge on any atom is -0.497 e. The molecule has 5 nitrogen and oxygen atoms in total. The summed E-state index contributed by atoms with van der Waals surface area (Å²) in [6, 6.07) is 24.4. The summed E-state index contributed by atoms with van der Waals surface area (Å²) in [5, 5.41) is 3.54. The van der Waals surface area contributed by atoms with Crippen LogP contribution >= 0.6 is 0 Å². The van der Waals surface area contributed by atoms with E-state index in [1.807, 2.05) is 30.3 Å². The molecule has 0 bridgehead atoms. The number of fused-ring (bicyclic) bond motifs is 3. The Balaban J connectivity index is 1.50. The van der Waals surface area contributed by atoms with Crippen molar-refractivity contribution < 1.29 is 9.53 Å². The average molecular weight is 436 g/mol. The zero-order chi connectivity index (χ0) is 22.5. The maximum Gasteiger partial charge on any atom is 0.209 e. The third-order valence-corrected chi connectivity index (χ3v) is 6.88. The zero-order valence-corrected chi connectivity index (χ0v) is 18.7. The second-order valence-electron chi connectivity index (χ2n) is 8.93. The highest BCUT2D eigenvalue weighted by Crippen LogP contribution is 2.46. The molecular weight excluding hydrogens is 410 g/mol. The van der Waals surface area contributed by atoms with E-state index >= 15 is 0 Å². The molecule has 0 amide bonds. The third kappa shape index (κ3) is 3.23. The highest BCUT2D eigenvalue weighted by molar-refractivity contribution is 6.01. The number of hydrogen-bond acceptors (Lipinski definition) is 4. The zero-order valence-electron chi connectivity index (χ0n) is 18.7. The van der Waals surface area contributed by atoms with Gasteiger partial charge in [0.25, 0.3) is 0 Å². The second kappa shape index (κ2) is 7.62. The molecule has 2 aliphatic rings. The Labute approximate surface area is 192 Å². The first kappa shape index (κ1) is 19.8. The van der Waals surface area contributed by atoms with Gasteiger partial charge in [0.1, 0.15) is 5.75 Å². The van der Waals surface area contributed by atoms with Crippen molar-refractivity contribution in [3.05, 3.63) is 101 Å². The van der Waals surface area contributed by atoms with E-state index in [1.54, 1.807) is 7.11 Å². The molecule has 0 fully saturated rings. The molecule has 5 heteroatoms. The highest BCUT2D eigenvalue weighted by atomic mass is 16.5. The van der Waals surface area contributed by atoms with E-state index in [4.69, 9.17) is 9.72 Å². The number of ether oxygens (including phenoxy) is 1. The summed E-state index contributed by atoms with van der Waals surface area (Å²) in [7, 11) is 1.66. The van der Waals surface area contributed by atoms with Crippen LogP contribution in [0.25, 0.3) is 11.0 Å². The van der Waals surface area contributed by atoms with Gasteiger partial charge in [-0.25, -0.2) is 4.98 Å². The number of carbonyl (C=O) groups is 1. The molecule has 0 unspecified atom stereocenters. The van der Waals surface area contributed by atoms with Crippen molar-refractivity contribution in [1.82, 2.24) is 9.55 Å². The van der Waals surface area contributed by atoms with Crippen molar-refractivity contribution in [1.29, 1.82) is 0 Å². The van der Waals surface area contributed by atoms with Crippen LogP contribution in [0.1, 0.15) is 41.5 Å². The smallest absolute Gasteiger partial charge is 0.209 e. The maximum absolute atomic E-state index is 13.7. The van der Waals surface area contributed by atoms with E-state index in [9.17, 15) is 4.79 Å². The lowest BCUT2D eigenvalue weighted by Gasteiger charge is -2.36. The lowest BCUT2D eigenvalue weighted by molar-refractivity contribution is -0.116. The first-order valence-corrected chi connectivity index (χ1v) is 11.3. The Bertz CT molecular complexity index is 1400. The fourth-order valence-corrected chi connectivity index (χ4v) is 5.20. The van der Waals surface area contributed by atoms with Crippen molar-refractivity contribution in [3.63, 3.8) is 0 Å². The molecule has 0 saturated heterocycles. The predicted molar refractivity (Wildman–Crippen MR) is 130 cm³/mol. The first-order chi connectivity index (χ1) is 16.1. The summed E-state index contributed by atoms with van der Waals surface area (Å²) in [5.41, 5.74) is 7.25. The molecule has 1 aromatic heterocycles. The molecule has 0 spiro atoms. The molecule has 0 radical (unpaired) electrons. The number of allylic oxidation sites excluding steroid dienone is 2. The molecule has 1 aliphatic carbocycles. The van der Waals surface area contributed by atoms with Gasteiger partial charge in [0.2, 0.25) is 5.95 Å². The van der Waals surface area contributed by atoms with Gasteiger partial charge in [0, 0.05) is 17.7 Å². The predicted octanol–water partition coefficient (Wildman–Crippen LogP) is 5.77. The SMILES string of the molecule is COc1ccc([C@@H]2C3=C(C[C@H](c4ccc(C)cc4)CC3=O)Nc3nc4ccccc4n32)cc1. The number of carbonyl (C=O) groups excluding carboxylic acids is 1. The van der Waals surface area contributed by atoms with Crippen molar-refractivity contribution in [2.24, 2.45) is 0 Å². The van der Waals surface area contributed by atoms with E-state index in [-0.39, 0.29) is 17.7 Å². The highest BCUT2D eigenvalue weighted by Gasteiger charge is 2.39. The van der Waals surface area contributed by atoms with Crippen LogP contribution < -0.4 is 10.1 Å². The molecule has 2 heterocycles. The number of anilines is 1. The normalized spacial score (nSPS) is 19.8. The van der Waals surface area contributed by atoms with Crippen LogP contribution in [0.4, 0.5) is 5.95 Å². The Kier molecular flexibility index (Phi) is 4.57. The van der Waals surface area contributed by atoms with Gasteiger partial charge >= 0.3 is 0 Å². The second-order valence-corrected chi connectivity index (χ2v) is 8.93. The lowest BCUT2D eigenvalue weighted by Crippen LogP contribution is -2.33. The number of benzene rings is 3. The molecule has 3 aromatic carbocycles. The van der Waals surface area contributed by atoms with E-state index in [0.717, 1.165) is 46.0 Å². The van der Waals surface area contributed by atoms with Gasteiger partial charge in [-0.3, -0.25) is 9.36 Å². The van der Waals surface area contributed by atoms with Crippen molar-refractivity contribution >= 4 is 22.8 Å². The molecule has 164 valence electrons. The van der Waals surface area contributed by atoms with E-state index < -0.39 is 0 Å². The number of hydrogen-bond donors (Lipinski definition) is 1. The largest absolute Gasteiger partial charge is 0.497 e. The Hall–Kier alpha value is -3.86. The van der Waals surface area contributed by atoms with Crippen LogP contribution in [0.2, 0.25) is 0 Å². The number of Topliss-reactive ketones (excluding diaryl/α,β-unsaturated/α-hetero) is 1. The van der Waals surface area contributed by atoms with Crippen molar-refractivity contribution in [2.45, 2.75) is 31.7 Å². The molecular formula is C28H25N3O2. The summed E-state index contributed by atoms with van der Waals surface area (Å²) in [6.45, 7) is 2.09. The number of aromatic nitrogens is 2. The first-order valence-electron chi connectivity index (χ1n) is 11.3. The van der Waals surface area contributed by atoms with Crippen LogP contribution in [-0.4, -0.2) is 22.4 Å². The number of rotatable bonds is 3. The summed E-state index contributed by atoms with van der Waals surface area (Å²) in [4.78, 5) is 18.6. The van der Waals surface area contributed by atoms with E-state index in [0.29, 0.717) is 6.42 Å². The number of ketones is 1. The monoisotopic (exact) mass is 435 g/mol. The Morgan fingerprint density at radius 3 is 2.42 bits per heavy atom. The number of imidazole rings is 1. The molecule has 0 saturated carbocycles. The molecule has 33 heavy (non-hydrogen) atoms. The van der Waals surface area contributed by atoms with Crippen molar-refractivity contribution in [2.75, 3.05) is 12.4 Å². The van der Waals surface area contributed by atoms with Gasteiger partial charge in [-0.15, -0.1) is 0 Å². The van der Waals surface area contributed by atoms with Gasteiger partial charge in [-0.05, 0) is 54.7 Å². The van der Waals surface area contributed by atoms with Crippen molar-refractivity contribution in [3.8, 4) is 5.75 Å². The van der Waals surface area contributed by atoms with Crippen LogP contribution in [0.3, 0.4) is 0 Å². The van der Waals surface area contributed by atoms with Gasteiger partial charge in [0.05, 0.1) is 24.2 Å². The van der Waals surface area contributed by atoms with Gasteiger partial charge < -0.3 is 10.1 Å². The fourth-order valence-electron chi connectivity index (χ4n) is 5.20. The minimum atomic E-state index is -0.221. The molecule has 4 aromatic rings. The topological polar surface area (TPSA) is 56.1 Å². The molecule has 1 N–H and O–H groups in total. The van der Waals surface area contributed by atoms with Crippen LogP contribution in [0.5, 0.6) is 5.75 Å². The van der Waals surface area contributed by atoms with Crippen LogP contribution in [-0.2, 0) is 4.79 Å². The van der Waals surface area contributed by atoms with Gasteiger partial charge in [-0.2, -0.15) is 0 Å². The number of para-hydroxylation sites is 2. The van der Waals surface area contributed by atoms with Gasteiger partial charge in [-0.1, -0.05) is 54.1 Å². The Morgan fingerprint density at radius 1 is 0.939 bits per heavy atom. The number of nitrogens with zero attached hydrogens (tertiary/aromatic N) is 2. The standard InChI is InChI=1S/C28H25N3O2/c1-17-7-9-18(10-8-17)20-15-23-26(25(32)16-20)27(19-11-13-21(33-2)14-12-19)31-24-6-4-3-5-22(24)29-28(31)30-23/h3-14,20,27H,15-16H2,1-2H3,(H,29,30)/t20-,27+/m0/s1. The maximum atomic E-state index is 13.7. The van der Waals surface area contributed by atoms with E-state index in [1.165, 1.54) is 11.1 Å². The number of methoxy groups -OCH3 is 1. The quantitative estimate of drug-likeness (QED) is 0.444. The molecule has 2 atom stereocenters. The average Bonchev–Trinajstić information content (AvgIpc) is 3.21.